The SMILES string of the molecule is CCCc1c(CNCC)cnn1-c1ccc(C)c(Cl)c1. The summed E-state index contributed by atoms with van der Waals surface area (Å²) < 4.78 is 2.02. The van der Waals surface area contributed by atoms with Gasteiger partial charge in [0, 0.05) is 22.8 Å². The molecule has 0 unspecified atom stereocenters. The molecule has 0 atom stereocenters. The number of aryl methyl sites for hydroxylation is 1. The third-order valence-electron chi connectivity index (χ3n) is 3.41. The molecular formula is C16H22ClN3. The Morgan fingerprint density at radius 1 is 1.30 bits per heavy atom. The van der Waals surface area contributed by atoms with Gasteiger partial charge in [-0.3, -0.25) is 0 Å². The molecule has 0 saturated heterocycles. The second-order valence-corrected chi connectivity index (χ2v) is 5.40. The van der Waals surface area contributed by atoms with Gasteiger partial charge in [-0.05, 0) is 37.6 Å². The van der Waals surface area contributed by atoms with Crippen LogP contribution in [0.15, 0.2) is 24.4 Å². The van der Waals surface area contributed by atoms with Crippen molar-refractivity contribution in [1.82, 2.24) is 15.1 Å². The molecule has 2 rings (SSSR count). The van der Waals surface area contributed by atoms with E-state index in [4.69, 9.17) is 11.6 Å². The Balaban J connectivity index is 2.39. The van der Waals surface area contributed by atoms with Gasteiger partial charge in [0.05, 0.1) is 11.9 Å². The van der Waals surface area contributed by atoms with Gasteiger partial charge in [0.25, 0.3) is 0 Å². The van der Waals surface area contributed by atoms with Crippen LogP contribution in [0, 0.1) is 6.92 Å². The molecule has 0 aliphatic rings. The van der Waals surface area contributed by atoms with Crippen molar-refractivity contribution in [2.75, 3.05) is 6.54 Å². The Morgan fingerprint density at radius 2 is 2.10 bits per heavy atom. The molecule has 4 heteroatoms. The van der Waals surface area contributed by atoms with Crippen LogP contribution in [-0.4, -0.2) is 16.3 Å². The standard InChI is InChI=1S/C16H22ClN3/c1-4-6-16-13(10-18-5-2)11-19-20(16)14-8-7-12(3)15(17)9-14/h7-9,11,18H,4-6,10H2,1-3H3. The molecule has 0 saturated carbocycles. The normalized spacial score (nSPS) is 11.0. The first-order valence-corrected chi connectivity index (χ1v) is 7.58. The molecule has 0 bridgehead atoms. The van der Waals surface area contributed by atoms with E-state index in [1.165, 1.54) is 11.3 Å². The van der Waals surface area contributed by atoms with Crippen LogP contribution in [0.3, 0.4) is 0 Å². The number of nitrogens with zero attached hydrogens (tertiary/aromatic N) is 2. The largest absolute Gasteiger partial charge is 0.313 e. The summed E-state index contributed by atoms with van der Waals surface area (Å²) in [5.74, 6) is 0. The fraction of sp³-hybridized carbons (Fsp3) is 0.438. The number of hydrogen-bond donors (Lipinski definition) is 1. The van der Waals surface area contributed by atoms with Gasteiger partial charge in [0.1, 0.15) is 0 Å². The quantitative estimate of drug-likeness (QED) is 0.875. The number of rotatable bonds is 6. The highest BCUT2D eigenvalue weighted by Gasteiger charge is 2.12. The number of hydrogen-bond acceptors (Lipinski definition) is 2. The van der Waals surface area contributed by atoms with Crippen LogP contribution in [0.25, 0.3) is 5.69 Å². The molecule has 1 aromatic carbocycles. The molecule has 0 amide bonds. The highest BCUT2D eigenvalue weighted by molar-refractivity contribution is 6.31. The summed E-state index contributed by atoms with van der Waals surface area (Å²) >= 11 is 6.23. The topological polar surface area (TPSA) is 29.9 Å². The minimum Gasteiger partial charge on any atom is -0.313 e. The van der Waals surface area contributed by atoms with E-state index in [1.54, 1.807) is 0 Å². The molecule has 0 aliphatic carbocycles. The molecule has 0 fully saturated rings. The number of benzene rings is 1. The van der Waals surface area contributed by atoms with Gasteiger partial charge in [-0.2, -0.15) is 5.10 Å². The van der Waals surface area contributed by atoms with Gasteiger partial charge in [-0.1, -0.05) is 37.9 Å². The van der Waals surface area contributed by atoms with Crippen LogP contribution in [0.1, 0.15) is 37.1 Å². The minimum atomic E-state index is 0.786. The molecule has 1 aromatic heterocycles. The first-order valence-electron chi connectivity index (χ1n) is 7.20. The minimum absolute atomic E-state index is 0.786. The summed E-state index contributed by atoms with van der Waals surface area (Å²) in [4.78, 5) is 0. The third kappa shape index (κ3) is 3.22. The average Bonchev–Trinajstić information content (AvgIpc) is 2.83. The van der Waals surface area contributed by atoms with Crippen LogP contribution in [0.2, 0.25) is 5.02 Å². The van der Waals surface area contributed by atoms with E-state index >= 15 is 0 Å². The molecule has 2 aromatic rings. The predicted octanol–water partition coefficient (Wildman–Crippen LogP) is 3.90. The van der Waals surface area contributed by atoms with Crippen LogP contribution in [0.4, 0.5) is 0 Å². The van der Waals surface area contributed by atoms with E-state index in [9.17, 15) is 0 Å². The maximum atomic E-state index is 6.23. The van der Waals surface area contributed by atoms with Gasteiger partial charge in [-0.15, -0.1) is 0 Å². The Kier molecular flexibility index (Phi) is 5.21. The van der Waals surface area contributed by atoms with E-state index in [1.807, 2.05) is 29.9 Å². The van der Waals surface area contributed by atoms with Crippen LogP contribution in [-0.2, 0) is 13.0 Å². The Labute approximate surface area is 126 Å². The fourth-order valence-corrected chi connectivity index (χ4v) is 2.43. The summed E-state index contributed by atoms with van der Waals surface area (Å²) in [5.41, 5.74) is 4.66. The number of halogens is 1. The van der Waals surface area contributed by atoms with Crippen LogP contribution >= 0.6 is 11.6 Å². The highest BCUT2D eigenvalue weighted by Crippen LogP contribution is 2.22. The van der Waals surface area contributed by atoms with Crippen molar-refractivity contribution in [3.05, 3.63) is 46.2 Å². The summed E-state index contributed by atoms with van der Waals surface area (Å²) in [5, 5.41) is 8.70. The lowest BCUT2D eigenvalue weighted by atomic mass is 10.1. The van der Waals surface area contributed by atoms with Crippen molar-refractivity contribution in [1.29, 1.82) is 0 Å². The number of nitrogens with one attached hydrogen (secondary N) is 1. The van der Waals surface area contributed by atoms with E-state index in [0.29, 0.717) is 0 Å². The average molecular weight is 292 g/mol. The van der Waals surface area contributed by atoms with E-state index < -0.39 is 0 Å². The predicted molar refractivity (Wildman–Crippen MR) is 84.7 cm³/mol. The first kappa shape index (κ1) is 15.1. The maximum Gasteiger partial charge on any atom is 0.0663 e. The summed E-state index contributed by atoms with van der Waals surface area (Å²) in [6.45, 7) is 8.15. The van der Waals surface area contributed by atoms with Gasteiger partial charge < -0.3 is 5.32 Å². The van der Waals surface area contributed by atoms with Crippen molar-refractivity contribution in [2.45, 2.75) is 40.2 Å². The van der Waals surface area contributed by atoms with Gasteiger partial charge in [0.2, 0.25) is 0 Å². The van der Waals surface area contributed by atoms with Gasteiger partial charge in [0.15, 0.2) is 0 Å². The highest BCUT2D eigenvalue weighted by atomic mass is 35.5. The zero-order valence-corrected chi connectivity index (χ0v) is 13.2. The van der Waals surface area contributed by atoms with Crippen molar-refractivity contribution in [3.63, 3.8) is 0 Å². The van der Waals surface area contributed by atoms with Crippen molar-refractivity contribution in [2.24, 2.45) is 0 Å². The van der Waals surface area contributed by atoms with E-state index in [0.717, 1.165) is 42.2 Å². The van der Waals surface area contributed by atoms with Crippen molar-refractivity contribution >= 4 is 11.6 Å². The van der Waals surface area contributed by atoms with Crippen LogP contribution in [0.5, 0.6) is 0 Å². The second kappa shape index (κ2) is 6.91. The van der Waals surface area contributed by atoms with Crippen molar-refractivity contribution < 1.29 is 0 Å². The molecule has 20 heavy (non-hydrogen) atoms. The third-order valence-corrected chi connectivity index (χ3v) is 3.81. The second-order valence-electron chi connectivity index (χ2n) is 4.99. The van der Waals surface area contributed by atoms with E-state index in [-0.39, 0.29) is 0 Å². The maximum absolute atomic E-state index is 6.23. The zero-order valence-electron chi connectivity index (χ0n) is 12.4. The number of aromatic nitrogens is 2. The lowest BCUT2D eigenvalue weighted by Gasteiger charge is -2.10. The van der Waals surface area contributed by atoms with E-state index in [2.05, 4.69) is 30.3 Å². The molecule has 0 aliphatic heterocycles. The van der Waals surface area contributed by atoms with Crippen molar-refractivity contribution in [3.8, 4) is 5.69 Å². The lowest BCUT2D eigenvalue weighted by molar-refractivity contribution is 0.707. The zero-order chi connectivity index (χ0) is 14.5. The lowest BCUT2D eigenvalue weighted by Crippen LogP contribution is -2.13. The Hall–Kier alpha value is -1.32. The van der Waals surface area contributed by atoms with Crippen LogP contribution < -0.4 is 5.32 Å². The summed E-state index contributed by atoms with van der Waals surface area (Å²) in [6, 6.07) is 6.10. The molecule has 0 spiro atoms. The summed E-state index contributed by atoms with van der Waals surface area (Å²) in [7, 11) is 0. The Morgan fingerprint density at radius 3 is 2.75 bits per heavy atom. The molecule has 0 radical (unpaired) electrons. The Bertz CT molecular complexity index is 575. The monoisotopic (exact) mass is 291 g/mol. The molecule has 3 nitrogen and oxygen atoms in total. The fourth-order valence-electron chi connectivity index (χ4n) is 2.25. The smallest absolute Gasteiger partial charge is 0.0663 e. The molecule has 108 valence electrons. The molecular weight excluding hydrogens is 270 g/mol. The molecule has 1 N–H and O–H groups in total. The van der Waals surface area contributed by atoms with Gasteiger partial charge in [-0.25, -0.2) is 4.68 Å². The molecule has 1 heterocycles. The summed E-state index contributed by atoms with van der Waals surface area (Å²) in [6.07, 6.45) is 4.08. The van der Waals surface area contributed by atoms with Gasteiger partial charge >= 0.3 is 0 Å². The first-order chi connectivity index (χ1) is 9.67.